The molecule has 2 aromatic carbocycles. The maximum atomic E-state index is 16.1. The second-order valence-electron chi connectivity index (χ2n) is 16.0. The molecule has 3 fully saturated rings. The van der Waals surface area contributed by atoms with Crippen molar-refractivity contribution in [3.63, 3.8) is 0 Å². The van der Waals surface area contributed by atoms with E-state index in [9.17, 15) is 27.6 Å². The molecular weight excluding hydrogens is 739 g/mol. The van der Waals surface area contributed by atoms with Crippen LogP contribution in [0, 0.1) is 11.8 Å². The molecule has 2 unspecified atom stereocenters. The Balaban J connectivity index is 0.928. The summed E-state index contributed by atoms with van der Waals surface area (Å²) in [4.78, 5) is 40.6. The van der Waals surface area contributed by atoms with Crippen molar-refractivity contribution in [3.8, 4) is 0 Å². The number of fused-ring (bicyclic) bond motifs is 1. The predicted octanol–water partition coefficient (Wildman–Crippen LogP) is 8.11. The van der Waals surface area contributed by atoms with Crippen LogP contribution in [0.1, 0.15) is 75.3 Å². The molecule has 0 bridgehead atoms. The average Bonchev–Trinajstić information content (AvgIpc) is 3.52. The zero-order valence-electron chi connectivity index (χ0n) is 32.6. The van der Waals surface area contributed by atoms with Crippen molar-refractivity contribution in [2.75, 3.05) is 50.1 Å². The third-order valence-corrected chi connectivity index (χ3v) is 12.2. The zero-order chi connectivity index (χ0) is 40.3. The number of ether oxygens (including phenoxy) is 1. The number of hydrogen-bond acceptors (Lipinski definition) is 7. The molecule has 7 rings (SSSR count). The summed E-state index contributed by atoms with van der Waals surface area (Å²) in [6.45, 7) is 3.33. The lowest BCUT2D eigenvalue weighted by atomic mass is 9.86. The number of aromatic nitrogens is 1. The van der Waals surface area contributed by atoms with Crippen LogP contribution >= 0.6 is 0 Å². The number of methoxy groups -OCH3 is 1. The van der Waals surface area contributed by atoms with E-state index in [1.165, 1.54) is 10.6 Å². The number of halogens is 4. The van der Waals surface area contributed by atoms with Crippen molar-refractivity contribution in [2.24, 2.45) is 18.9 Å². The van der Waals surface area contributed by atoms with Crippen LogP contribution in [0.3, 0.4) is 0 Å². The Labute approximate surface area is 330 Å². The van der Waals surface area contributed by atoms with Crippen LogP contribution in [-0.4, -0.2) is 67.2 Å². The molecule has 0 radical (unpaired) electrons. The van der Waals surface area contributed by atoms with Gasteiger partial charge in [0, 0.05) is 68.0 Å². The maximum Gasteiger partial charge on any atom is 0.418 e. The van der Waals surface area contributed by atoms with Crippen LogP contribution < -0.4 is 21.1 Å². The maximum absolute atomic E-state index is 16.1. The smallest absolute Gasteiger partial charge is 0.418 e. The fourth-order valence-electron chi connectivity index (χ4n) is 8.90. The Hall–Kier alpha value is -4.91. The number of nitrogens with one attached hydrogen (secondary N) is 2. The van der Waals surface area contributed by atoms with Gasteiger partial charge in [-0.25, -0.2) is 4.39 Å². The summed E-state index contributed by atoms with van der Waals surface area (Å²) < 4.78 is 66.2. The van der Waals surface area contributed by atoms with Gasteiger partial charge in [0.05, 0.1) is 12.7 Å². The number of pyridine rings is 1. The summed E-state index contributed by atoms with van der Waals surface area (Å²) >= 11 is 0. The number of amides is 2. The minimum absolute atomic E-state index is 0.105. The Bertz CT molecular complexity index is 2150. The van der Waals surface area contributed by atoms with Crippen molar-refractivity contribution in [1.82, 2.24) is 14.8 Å². The summed E-state index contributed by atoms with van der Waals surface area (Å²) in [5.41, 5.74) is 1.61. The lowest BCUT2D eigenvalue weighted by Gasteiger charge is -2.35. The highest BCUT2D eigenvalue weighted by molar-refractivity contribution is 6.01. The van der Waals surface area contributed by atoms with Gasteiger partial charge in [-0.2, -0.15) is 13.2 Å². The van der Waals surface area contributed by atoms with Crippen molar-refractivity contribution in [1.29, 1.82) is 0 Å². The van der Waals surface area contributed by atoms with Gasteiger partial charge in [-0.3, -0.25) is 24.6 Å². The van der Waals surface area contributed by atoms with Crippen LogP contribution in [0.25, 0.3) is 16.3 Å². The Morgan fingerprint density at radius 2 is 1.61 bits per heavy atom. The Morgan fingerprint density at radius 1 is 0.895 bits per heavy atom. The summed E-state index contributed by atoms with van der Waals surface area (Å²) in [5, 5.41) is 6.45. The number of aryl methyl sites for hydroxylation is 1. The summed E-state index contributed by atoms with van der Waals surface area (Å²) in [5.74, 6) is 0.456. The molecular formula is C44H51F4N5O4. The van der Waals surface area contributed by atoms with Gasteiger partial charge in [-0.1, -0.05) is 31.0 Å². The minimum Gasteiger partial charge on any atom is -0.501 e. The van der Waals surface area contributed by atoms with Gasteiger partial charge < -0.3 is 19.5 Å². The lowest BCUT2D eigenvalue weighted by Crippen LogP contribution is -2.47. The van der Waals surface area contributed by atoms with E-state index in [0.717, 1.165) is 75.1 Å². The monoisotopic (exact) mass is 789 g/mol. The highest BCUT2D eigenvalue weighted by Crippen LogP contribution is 2.41. The number of nitrogens with zero attached hydrogens (tertiary/aromatic N) is 3. The van der Waals surface area contributed by atoms with Crippen LogP contribution in [0.15, 0.2) is 82.8 Å². The summed E-state index contributed by atoms with van der Waals surface area (Å²) in [6, 6.07) is 10.8. The minimum atomic E-state index is -4.57. The van der Waals surface area contributed by atoms with Crippen LogP contribution in [0.2, 0.25) is 0 Å². The topological polar surface area (TPSA) is 95.9 Å². The predicted molar refractivity (Wildman–Crippen MR) is 214 cm³/mol. The van der Waals surface area contributed by atoms with E-state index < -0.39 is 23.7 Å². The van der Waals surface area contributed by atoms with Gasteiger partial charge in [0.1, 0.15) is 17.6 Å². The van der Waals surface area contributed by atoms with Crippen molar-refractivity contribution in [2.45, 2.75) is 76.4 Å². The lowest BCUT2D eigenvalue weighted by molar-refractivity contribution is -0.137. The highest BCUT2D eigenvalue weighted by Gasteiger charge is 2.37. The first-order valence-corrected chi connectivity index (χ1v) is 20.1. The van der Waals surface area contributed by atoms with E-state index in [2.05, 4.69) is 15.5 Å². The first-order valence-electron chi connectivity index (χ1n) is 20.1. The van der Waals surface area contributed by atoms with Gasteiger partial charge in [-0.05, 0) is 116 Å². The molecule has 4 aliphatic rings. The fourth-order valence-corrected chi connectivity index (χ4v) is 8.90. The highest BCUT2D eigenvalue weighted by atomic mass is 19.4. The standard InChI is InChI=1S/C44H51F4N5O4/c1-51-27-36(34-7-3-4-8-35(34)43(51)56)30-22-33(57-2)23-31(38(45)24-30)26-52-18-5-6-28(15-19-52)9-10-29-16-20-53(21-17-29)40-13-11-32(25-37(40)44(46,47)48)49-39-12-14-41(54)50-42(39)55/h3-4,7-8,11,13,22,24-25,27-29,39,49H,5-6,9-10,12,14-21,23,26H2,1-2H3,(H,50,54,55). The van der Waals surface area contributed by atoms with Crippen LogP contribution in [-0.2, 0) is 27.5 Å². The molecule has 57 heavy (non-hydrogen) atoms. The SMILES string of the molecule is COC1=CC(c2cn(C)c(=O)c3ccccc23)=CC(F)=C(CN2CCCC(CCC3CCN(c4ccc(NC5CCC(=O)NC5=O)cc4C(F)(F)F)CC3)CC2)C1. The Morgan fingerprint density at radius 3 is 2.33 bits per heavy atom. The number of anilines is 2. The number of likely N-dealkylation sites (tertiary alicyclic amines) is 1. The number of allylic oxidation sites excluding steroid dienone is 5. The molecule has 13 heteroatoms. The Kier molecular flexibility index (Phi) is 12.2. The number of imide groups is 1. The fraction of sp³-hybridized carbons (Fsp3) is 0.477. The first kappa shape index (κ1) is 40.3. The quantitative estimate of drug-likeness (QED) is 0.158. The largest absolute Gasteiger partial charge is 0.501 e. The van der Waals surface area contributed by atoms with Gasteiger partial charge in [0.15, 0.2) is 0 Å². The molecule has 0 spiro atoms. The van der Waals surface area contributed by atoms with Crippen LogP contribution in [0.4, 0.5) is 28.9 Å². The van der Waals surface area contributed by atoms with Crippen molar-refractivity contribution >= 4 is 39.5 Å². The molecule has 4 heterocycles. The number of alkyl halides is 3. The number of rotatable bonds is 10. The molecule has 3 aromatic rings. The third kappa shape index (κ3) is 9.46. The average molecular weight is 790 g/mol. The molecule has 2 N–H and O–H groups in total. The zero-order valence-corrected chi connectivity index (χ0v) is 32.6. The molecule has 0 saturated carbocycles. The van der Waals surface area contributed by atoms with Crippen molar-refractivity contribution < 1.29 is 31.9 Å². The van der Waals surface area contributed by atoms with E-state index >= 15 is 4.39 Å². The number of hydrogen-bond donors (Lipinski definition) is 2. The molecule has 9 nitrogen and oxygen atoms in total. The number of piperidine rings is 2. The number of benzene rings is 2. The molecule has 1 aliphatic carbocycles. The summed E-state index contributed by atoms with van der Waals surface area (Å²) in [6.07, 6.45) is 8.22. The summed E-state index contributed by atoms with van der Waals surface area (Å²) in [7, 11) is 3.31. The molecule has 2 amide bonds. The third-order valence-electron chi connectivity index (χ3n) is 12.2. The van der Waals surface area contributed by atoms with E-state index in [1.807, 2.05) is 29.2 Å². The second-order valence-corrected chi connectivity index (χ2v) is 16.0. The van der Waals surface area contributed by atoms with Crippen LogP contribution in [0.5, 0.6) is 0 Å². The van der Waals surface area contributed by atoms with E-state index in [-0.39, 0.29) is 41.5 Å². The van der Waals surface area contributed by atoms with Gasteiger partial charge in [0.2, 0.25) is 11.8 Å². The molecule has 3 saturated heterocycles. The molecule has 1 aromatic heterocycles. The second kappa shape index (κ2) is 17.3. The molecule has 2 atom stereocenters. The number of carbonyl (C=O) groups is 2. The molecule has 304 valence electrons. The van der Waals surface area contributed by atoms with E-state index in [0.29, 0.717) is 60.2 Å². The van der Waals surface area contributed by atoms with E-state index in [1.54, 1.807) is 38.6 Å². The van der Waals surface area contributed by atoms with E-state index in [4.69, 9.17) is 4.74 Å². The van der Waals surface area contributed by atoms with Gasteiger partial charge in [0.25, 0.3) is 5.56 Å². The normalized spacial score (nSPS) is 21.8. The molecule has 3 aliphatic heterocycles. The van der Waals surface area contributed by atoms with Crippen molar-refractivity contribution in [3.05, 3.63) is 99.5 Å². The van der Waals surface area contributed by atoms with Gasteiger partial charge >= 0.3 is 6.18 Å². The first-order chi connectivity index (χ1) is 27.4. The number of carbonyl (C=O) groups excluding carboxylic acids is 2. The van der Waals surface area contributed by atoms with Gasteiger partial charge in [-0.15, -0.1) is 0 Å².